The van der Waals surface area contributed by atoms with Crippen LogP contribution in [0.4, 0.5) is 5.69 Å². The summed E-state index contributed by atoms with van der Waals surface area (Å²) in [5.74, 6) is -1.01. The average Bonchev–Trinajstić information content (AvgIpc) is 3.19. The molecule has 10 nitrogen and oxygen atoms in total. The Kier molecular flexibility index (Phi) is 5.50. The lowest BCUT2D eigenvalue weighted by Gasteiger charge is -2.08. The van der Waals surface area contributed by atoms with Gasteiger partial charge in [0.1, 0.15) is 0 Å². The zero-order valence-electron chi connectivity index (χ0n) is 16.2. The third-order valence-electron chi connectivity index (χ3n) is 4.56. The van der Waals surface area contributed by atoms with Crippen molar-refractivity contribution in [3.63, 3.8) is 0 Å². The van der Waals surface area contributed by atoms with Gasteiger partial charge in [0.15, 0.2) is 10.8 Å². The number of hydrogen-bond acceptors (Lipinski definition) is 7. The topological polar surface area (TPSA) is 132 Å². The van der Waals surface area contributed by atoms with E-state index in [0.717, 1.165) is 16.5 Å². The predicted octanol–water partition coefficient (Wildman–Crippen LogP) is 2.65. The number of nitro groups is 1. The highest BCUT2D eigenvalue weighted by Crippen LogP contribution is 2.25. The van der Waals surface area contributed by atoms with E-state index in [1.807, 2.05) is 41.7 Å². The molecule has 0 bridgehead atoms. The van der Waals surface area contributed by atoms with E-state index in [0.29, 0.717) is 10.8 Å². The monoisotopic (exact) mass is 436 g/mol. The van der Waals surface area contributed by atoms with Crippen LogP contribution in [0.3, 0.4) is 0 Å². The van der Waals surface area contributed by atoms with Crippen molar-refractivity contribution in [3.8, 4) is 0 Å². The number of carbonyl (C=O) groups is 2. The fraction of sp³-hybridized carbons (Fsp3) is 0.100. The third-order valence-corrected chi connectivity index (χ3v) is 5.49. The van der Waals surface area contributed by atoms with Crippen molar-refractivity contribution in [3.05, 3.63) is 75.8 Å². The molecule has 0 fully saturated rings. The van der Waals surface area contributed by atoms with Gasteiger partial charge in [-0.25, -0.2) is 0 Å². The molecular formula is C20H16N6O4S. The van der Waals surface area contributed by atoms with Crippen LogP contribution in [0, 0.1) is 17.0 Å². The third kappa shape index (κ3) is 4.16. The molecule has 0 aliphatic rings. The molecule has 2 aromatic carbocycles. The summed E-state index contributed by atoms with van der Waals surface area (Å²) >= 11 is 1.19. The van der Waals surface area contributed by atoms with Crippen LogP contribution in [0.5, 0.6) is 0 Å². The van der Waals surface area contributed by atoms with E-state index in [-0.39, 0.29) is 17.0 Å². The number of non-ortho nitro benzene ring substituents is 1. The Bertz CT molecular complexity index is 1320. The fourth-order valence-corrected chi connectivity index (χ4v) is 3.82. The van der Waals surface area contributed by atoms with E-state index in [2.05, 4.69) is 21.0 Å². The van der Waals surface area contributed by atoms with E-state index in [4.69, 9.17) is 0 Å². The number of amides is 2. The van der Waals surface area contributed by atoms with Crippen LogP contribution in [0.1, 0.15) is 15.9 Å². The molecule has 2 heterocycles. The Labute approximate surface area is 179 Å². The first-order valence-electron chi connectivity index (χ1n) is 9.14. The van der Waals surface area contributed by atoms with Crippen molar-refractivity contribution < 1.29 is 14.5 Å². The minimum atomic E-state index is -0.581. The van der Waals surface area contributed by atoms with Crippen LogP contribution < -0.4 is 10.9 Å². The number of pyridine rings is 1. The number of fused-ring (bicyclic) bond motifs is 3. The molecule has 0 radical (unpaired) electrons. The summed E-state index contributed by atoms with van der Waals surface area (Å²) < 4.78 is 1.88. The smallest absolute Gasteiger partial charge is 0.269 e. The van der Waals surface area contributed by atoms with Gasteiger partial charge in [-0.3, -0.25) is 35.0 Å². The van der Waals surface area contributed by atoms with Gasteiger partial charge in [-0.2, -0.15) is 0 Å². The summed E-state index contributed by atoms with van der Waals surface area (Å²) in [4.78, 5) is 34.4. The molecule has 2 amide bonds. The Morgan fingerprint density at radius 1 is 1.10 bits per heavy atom. The molecular weight excluding hydrogens is 420 g/mol. The number of nitrogens with one attached hydrogen (secondary N) is 2. The Hall–Kier alpha value is -3.99. The summed E-state index contributed by atoms with van der Waals surface area (Å²) in [6, 6.07) is 14.9. The lowest BCUT2D eigenvalue weighted by molar-refractivity contribution is -0.384. The Balaban J connectivity index is 1.40. The minimum absolute atomic E-state index is 0.00351. The van der Waals surface area contributed by atoms with Crippen LogP contribution >= 0.6 is 11.8 Å². The van der Waals surface area contributed by atoms with Gasteiger partial charge < -0.3 is 0 Å². The van der Waals surface area contributed by atoms with Crippen LogP contribution in [0.25, 0.3) is 16.6 Å². The zero-order valence-corrected chi connectivity index (χ0v) is 17.0. The van der Waals surface area contributed by atoms with Crippen molar-refractivity contribution in [1.29, 1.82) is 0 Å². The lowest BCUT2D eigenvalue weighted by atomic mass is 10.1. The first kappa shape index (κ1) is 20.3. The molecule has 0 aliphatic heterocycles. The first-order valence-corrected chi connectivity index (χ1v) is 10.1. The quantitative estimate of drug-likeness (QED) is 0.279. The maximum absolute atomic E-state index is 12.2. The summed E-state index contributed by atoms with van der Waals surface area (Å²) in [7, 11) is 0. The number of rotatable bonds is 5. The number of nitro benzene ring substituents is 1. The van der Waals surface area contributed by atoms with Crippen molar-refractivity contribution in [2.75, 3.05) is 5.75 Å². The summed E-state index contributed by atoms with van der Waals surface area (Å²) in [5.41, 5.74) is 7.38. The summed E-state index contributed by atoms with van der Waals surface area (Å²) in [6.07, 6.45) is 0. The standard InChI is InChI=1S/C20H16N6O4S/c1-12-10-17-21-24-20(25(17)16-5-3-2-4-15(12)16)31-11-18(27)22-23-19(28)13-6-8-14(9-7-13)26(29)30/h2-10H,11H2,1H3,(H,22,27)(H,23,28). The van der Waals surface area contributed by atoms with E-state index in [1.54, 1.807) is 0 Å². The molecule has 4 aromatic rings. The van der Waals surface area contributed by atoms with Crippen molar-refractivity contribution >= 4 is 45.8 Å². The second kappa shape index (κ2) is 8.40. The molecule has 2 N–H and O–H groups in total. The number of nitrogens with zero attached hydrogens (tertiary/aromatic N) is 4. The van der Waals surface area contributed by atoms with E-state index >= 15 is 0 Å². The molecule has 0 unspecified atom stereocenters. The van der Waals surface area contributed by atoms with E-state index < -0.39 is 16.7 Å². The average molecular weight is 436 g/mol. The number of aromatic nitrogens is 3. The van der Waals surface area contributed by atoms with Gasteiger partial charge in [0.2, 0.25) is 5.91 Å². The van der Waals surface area contributed by atoms with Gasteiger partial charge in [0, 0.05) is 23.1 Å². The largest absolute Gasteiger partial charge is 0.272 e. The number of benzene rings is 2. The maximum Gasteiger partial charge on any atom is 0.269 e. The summed E-state index contributed by atoms with van der Waals surface area (Å²) in [5, 5.41) is 20.7. The van der Waals surface area contributed by atoms with Crippen molar-refractivity contribution in [2.45, 2.75) is 12.1 Å². The predicted molar refractivity (Wildman–Crippen MR) is 115 cm³/mol. The molecule has 0 saturated heterocycles. The Morgan fingerprint density at radius 2 is 1.84 bits per heavy atom. The van der Waals surface area contributed by atoms with E-state index in [9.17, 15) is 19.7 Å². The minimum Gasteiger partial charge on any atom is -0.272 e. The van der Waals surface area contributed by atoms with Crippen LogP contribution in [-0.4, -0.2) is 37.1 Å². The number of hydrazine groups is 1. The van der Waals surface area contributed by atoms with Gasteiger partial charge in [0.25, 0.3) is 11.6 Å². The van der Waals surface area contributed by atoms with Gasteiger partial charge in [-0.1, -0.05) is 30.0 Å². The molecule has 0 aliphatic carbocycles. The van der Waals surface area contributed by atoms with Gasteiger partial charge >= 0.3 is 0 Å². The van der Waals surface area contributed by atoms with E-state index in [1.165, 1.54) is 36.0 Å². The lowest BCUT2D eigenvalue weighted by Crippen LogP contribution is -2.42. The van der Waals surface area contributed by atoms with Gasteiger partial charge in [-0.15, -0.1) is 10.2 Å². The number of para-hydroxylation sites is 1. The first-order chi connectivity index (χ1) is 14.9. The number of hydrogen-bond donors (Lipinski definition) is 2. The second-order valence-electron chi connectivity index (χ2n) is 6.62. The van der Waals surface area contributed by atoms with Crippen LogP contribution in [0.15, 0.2) is 59.8 Å². The van der Waals surface area contributed by atoms with Crippen LogP contribution in [0.2, 0.25) is 0 Å². The number of thioether (sulfide) groups is 1. The molecule has 11 heteroatoms. The SMILES string of the molecule is Cc1cc2nnc(SCC(=O)NNC(=O)c3ccc([N+](=O)[O-])cc3)n2c2ccccc12. The fourth-order valence-electron chi connectivity index (χ4n) is 3.07. The van der Waals surface area contributed by atoms with Gasteiger partial charge in [0.05, 0.1) is 16.2 Å². The molecule has 0 atom stereocenters. The molecule has 0 saturated carbocycles. The second-order valence-corrected chi connectivity index (χ2v) is 7.56. The highest BCUT2D eigenvalue weighted by molar-refractivity contribution is 7.99. The summed E-state index contributed by atoms with van der Waals surface area (Å²) in [6.45, 7) is 2.00. The normalized spacial score (nSPS) is 10.9. The molecule has 2 aromatic heterocycles. The Morgan fingerprint density at radius 3 is 2.58 bits per heavy atom. The molecule has 31 heavy (non-hydrogen) atoms. The number of aryl methyl sites for hydroxylation is 1. The zero-order chi connectivity index (χ0) is 22.0. The number of carbonyl (C=O) groups excluding carboxylic acids is 2. The van der Waals surface area contributed by atoms with Crippen molar-refractivity contribution in [2.24, 2.45) is 0 Å². The molecule has 4 rings (SSSR count). The molecule has 0 spiro atoms. The van der Waals surface area contributed by atoms with Crippen LogP contribution in [-0.2, 0) is 4.79 Å². The van der Waals surface area contributed by atoms with Crippen molar-refractivity contribution in [1.82, 2.24) is 25.4 Å². The van der Waals surface area contributed by atoms with Gasteiger partial charge in [-0.05, 0) is 36.8 Å². The molecule has 156 valence electrons. The maximum atomic E-state index is 12.2. The highest BCUT2D eigenvalue weighted by Gasteiger charge is 2.14. The highest BCUT2D eigenvalue weighted by atomic mass is 32.2.